The number of halogens is 3. The van der Waals surface area contributed by atoms with E-state index in [1.807, 2.05) is 0 Å². The lowest BCUT2D eigenvalue weighted by atomic mass is 10.0. The molecule has 6 heteroatoms. The fourth-order valence-corrected chi connectivity index (χ4v) is 2.80. The van der Waals surface area contributed by atoms with Crippen LogP contribution in [0.3, 0.4) is 0 Å². The van der Waals surface area contributed by atoms with E-state index in [0.717, 1.165) is 0 Å². The first-order chi connectivity index (χ1) is 10.0. The Morgan fingerprint density at radius 2 is 2.10 bits per heavy atom. The average molecular weight is 374 g/mol. The molecule has 2 aromatic rings. The maximum atomic E-state index is 13.8. The third-order valence-electron chi connectivity index (χ3n) is 3.26. The van der Waals surface area contributed by atoms with Crippen molar-refractivity contribution in [3.8, 4) is 11.5 Å². The summed E-state index contributed by atoms with van der Waals surface area (Å²) in [6.45, 7) is 0.107. The second-order valence-corrected chi connectivity index (χ2v) is 6.02. The summed E-state index contributed by atoms with van der Waals surface area (Å²) in [4.78, 5) is 0. The van der Waals surface area contributed by atoms with Gasteiger partial charge in [-0.05, 0) is 35.4 Å². The minimum absolute atomic E-state index is 0.107. The summed E-state index contributed by atoms with van der Waals surface area (Å²) in [5.74, 6) is 0.602. The molecule has 0 radical (unpaired) electrons. The normalized spacial score (nSPS) is 14.3. The lowest BCUT2D eigenvalue weighted by Crippen LogP contribution is -2.04. The quantitative estimate of drug-likeness (QED) is 0.874. The van der Waals surface area contributed by atoms with E-state index in [1.54, 1.807) is 24.3 Å². The van der Waals surface area contributed by atoms with Gasteiger partial charge in [0, 0.05) is 10.9 Å². The van der Waals surface area contributed by atoms with Crippen LogP contribution in [-0.4, -0.2) is 11.9 Å². The van der Waals surface area contributed by atoms with Crippen LogP contribution in [0.1, 0.15) is 17.2 Å². The number of rotatable bonds is 3. The highest BCUT2D eigenvalue weighted by Crippen LogP contribution is 2.41. The summed E-state index contributed by atoms with van der Waals surface area (Å²) in [6.07, 6.45) is -0.734. The fraction of sp³-hybridized carbons (Fsp3) is 0.200. The summed E-state index contributed by atoms with van der Waals surface area (Å²) >= 11 is 9.28. The van der Waals surface area contributed by atoms with Gasteiger partial charge in [0.2, 0.25) is 6.79 Å². The van der Waals surface area contributed by atoms with Gasteiger partial charge in [-0.3, -0.25) is 0 Å². The van der Waals surface area contributed by atoms with Crippen LogP contribution in [0.4, 0.5) is 4.39 Å². The molecule has 1 unspecified atom stereocenters. The van der Waals surface area contributed by atoms with Crippen LogP contribution in [0.2, 0.25) is 5.02 Å². The van der Waals surface area contributed by atoms with Gasteiger partial charge < -0.3 is 14.6 Å². The molecule has 3 nitrogen and oxygen atoms in total. The van der Waals surface area contributed by atoms with E-state index in [-0.39, 0.29) is 19.0 Å². The van der Waals surface area contributed by atoms with E-state index in [1.165, 1.54) is 6.07 Å². The molecule has 1 aliphatic heterocycles. The van der Waals surface area contributed by atoms with Crippen LogP contribution < -0.4 is 9.47 Å². The number of hydrogen-bond donors (Lipinski definition) is 1. The van der Waals surface area contributed by atoms with Crippen molar-refractivity contribution >= 4 is 27.5 Å². The van der Waals surface area contributed by atoms with Crippen molar-refractivity contribution in [2.45, 2.75) is 12.5 Å². The van der Waals surface area contributed by atoms with E-state index in [9.17, 15) is 9.50 Å². The van der Waals surface area contributed by atoms with Crippen LogP contribution in [0.15, 0.2) is 34.8 Å². The number of hydrogen-bond acceptors (Lipinski definition) is 3. The molecule has 1 N–H and O–H groups in total. The zero-order valence-electron chi connectivity index (χ0n) is 10.8. The van der Waals surface area contributed by atoms with Crippen LogP contribution in [0.5, 0.6) is 11.5 Å². The molecule has 1 aliphatic rings. The Kier molecular flexibility index (Phi) is 4.06. The smallest absolute Gasteiger partial charge is 0.231 e. The van der Waals surface area contributed by atoms with Crippen molar-refractivity contribution in [1.29, 1.82) is 0 Å². The number of fused-ring (bicyclic) bond motifs is 1. The number of benzene rings is 2. The minimum Gasteiger partial charge on any atom is -0.454 e. The van der Waals surface area contributed by atoms with Gasteiger partial charge in [0.05, 0.1) is 11.1 Å². The lowest BCUT2D eigenvalue weighted by Gasteiger charge is -2.13. The third-order valence-corrected chi connectivity index (χ3v) is 4.04. The van der Waals surface area contributed by atoms with E-state index < -0.39 is 6.10 Å². The van der Waals surface area contributed by atoms with Crippen LogP contribution in [0, 0.1) is 5.82 Å². The molecule has 110 valence electrons. The molecule has 0 amide bonds. The lowest BCUT2D eigenvalue weighted by molar-refractivity contribution is 0.171. The number of aliphatic hydroxyl groups is 1. The highest BCUT2D eigenvalue weighted by molar-refractivity contribution is 9.10. The van der Waals surface area contributed by atoms with Crippen molar-refractivity contribution in [3.63, 3.8) is 0 Å². The van der Waals surface area contributed by atoms with Crippen LogP contribution in [-0.2, 0) is 6.42 Å². The van der Waals surface area contributed by atoms with Crippen molar-refractivity contribution in [1.82, 2.24) is 0 Å². The van der Waals surface area contributed by atoms with Crippen molar-refractivity contribution in [2.75, 3.05) is 6.79 Å². The summed E-state index contributed by atoms with van der Waals surface area (Å²) in [7, 11) is 0. The van der Waals surface area contributed by atoms with Crippen LogP contribution in [0.25, 0.3) is 0 Å². The SMILES string of the molecule is OC(Cc1ccc(Br)cc1F)c1cc(Cl)c2c(c1)OCO2. The van der Waals surface area contributed by atoms with E-state index in [0.29, 0.717) is 32.1 Å². The van der Waals surface area contributed by atoms with Gasteiger partial charge in [0.15, 0.2) is 11.5 Å². The second kappa shape index (κ2) is 5.83. The molecule has 0 aliphatic carbocycles. The summed E-state index contributed by atoms with van der Waals surface area (Å²) in [5, 5.41) is 10.7. The molecular weight excluding hydrogens is 363 g/mol. The first-order valence-corrected chi connectivity index (χ1v) is 7.42. The Hall–Kier alpha value is -1.30. The molecule has 2 aromatic carbocycles. The monoisotopic (exact) mass is 372 g/mol. The van der Waals surface area contributed by atoms with Gasteiger partial charge in [-0.25, -0.2) is 4.39 Å². The van der Waals surface area contributed by atoms with E-state index in [4.69, 9.17) is 21.1 Å². The molecule has 0 fully saturated rings. The highest BCUT2D eigenvalue weighted by Gasteiger charge is 2.21. The largest absolute Gasteiger partial charge is 0.454 e. The summed E-state index contributed by atoms with van der Waals surface area (Å²) in [6, 6.07) is 8.01. The maximum absolute atomic E-state index is 13.8. The molecular formula is C15H11BrClFO3. The number of aliphatic hydroxyl groups excluding tert-OH is 1. The molecule has 1 atom stereocenters. The Bertz CT molecular complexity index is 693. The zero-order valence-corrected chi connectivity index (χ0v) is 13.1. The molecule has 0 aromatic heterocycles. The van der Waals surface area contributed by atoms with Crippen molar-refractivity contribution < 1.29 is 19.0 Å². The average Bonchev–Trinajstić information content (AvgIpc) is 2.90. The van der Waals surface area contributed by atoms with E-state index in [2.05, 4.69) is 15.9 Å². The van der Waals surface area contributed by atoms with Crippen LogP contribution >= 0.6 is 27.5 Å². The third kappa shape index (κ3) is 3.00. The summed E-state index contributed by atoms with van der Waals surface area (Å²) in [5.41, 5.74) is 0.992. The van der Waals surface area contributed by atoms with Gasteiger partial charge in [-0.15, -0.1) is 0 Å². The first kappa shape index (κ1) is 14.6. The Morgan fingerprint density at radius 3 is 2.86 bits per heavy atom. The number of ether oxygens (including phenoxy) is 2. The highest BCUT2D eigenvalue weighted by atomic mass is 79.9. The predicted octanol–water partition coefficient (Wildman–Crippen LogP) is 4.25. The van der Waals surface area contributed by atoms with Gasteiger partial charge in [-0.2, -0.15) is 0 Å². The maximum Gasteiger partial charge on any atom is 0.231 e. The second-order valence-electron chi connectivity index (χ2n) is 4.69. The molecule has 21 heavy (non-hydrogen) atoms. The first-order valence-electron chi connectivity index (χ1n) is 6.25. The van der Waals surface area contributed by atoms with E-state index >= 15 is 0 Å². The van der Waals surface area contributed by atoms with Crippen molar-refractivity contribution in [3.05, 3.63) is 56.8 Å². The molecule has 0 spiro atoms. The minimum atomic E-state index is -0.882. The standard InChI is InChI=1S/C15H11BrClFO3/c16-10-2-1-8(12(18)6-10)4-13(19)9-3-11(17)15-14(5-9)20-7-21-15/h1-3,5-6,13,19H,4,7H2. The zero-order chi connectivity index (χ0) is 15.0. The Morgan fingerprint density at radius 1 is 1.29 bits per heavy atom. The van der Waals surface area contributed by atoms with Gasteiger partial charge in [0.1, 0.15) is 5.82 Å². The van der Waals surface area contributed by atoms with Crippen molar-refractivity contribution in [2.24, 2.45) is 0 Å². The fourth-order valence-electron chi connectivity index (χ4n) is 2.19. The van der Waals surface area contributed by atoms with Gasteiger partial charge in [-0.1, -0.05) is 33.6 Å². The predicted molar refractivity (Wildman–Crippen MR) is 80.3 cm³/mol. The topological polar surface area (TPSA) is 38.7 Å². The molecule has 1 heterocycles. The molecule has 0 saturated carbocycles. The van der Waals surface area contributed by atoms with Gasteiger partial charge >= 0.3 is 0 Å². The Balaban J connectivity index is 1.85. The van der Waals surface area contributed by atoms with Gasteiger partial charge in [0.25, 0.3) is 0 Å². The Labute approximate surface area is 134 Å². The summed E-state index contributed by atoms with van der Waals surface area (Å²) < 4.78 is 24.9. The molecule has 0 bridgehead atoms. The molecule has 0 saturated heterocycles. The molecule has 3 rings (SSSR count).